The number of imide groups is 2. The number of hydrogen-bond donors (Lipinski definition) is 2. The number of nitrogens with one attached hydrogen (secondary N) is 2. The summed E-state index contributed by atoms with van der Waals surface area (Å²) in [4.78, 5) is 49.2. The molecule has 124 valence electrons. The molecular formula is C20H10N2O4. The van der Waals surface area contributed by atoms with E-state index in [9.17, 15) is 19.2 Å². The second kappa shape index (κ2) is 4.86. The molecule has 3 aromatic rings. The fourth-order valence-corrected chi connectivity index (χ4v) is 3.75. The molecule has 0 spiro atoms. The average molecular weight is 342 g/mol. The van der Waals surface area contributed by atoms with Crippen LogP contribution in [0.1, 0.15) is 15.9 Å². The number of benzene rings is 3. The van der Waals surface area contributed by atoms with E-state index in [1.54, 1.807) is 24.3 Å². The van der Waals surface area contributed by atoms with E-state index in [2.05, 4.69) is 0 Å². The third-order valence-electron chi connectivity index (χ3n) is 4.79. The van der Waals surface area contributed by atoms with Gasteiger partial charge in [-0.2, -0.15) is 0 Å². The first-order valence-corrected chi connectivity index (χ1v) is 7.97. The summed E-state index contributed by atoms with van der Waals surface area (Å²) in [5.41, 5.74) is 0.635. The van der Waals surface area contributed by atoms with Crippen LogP contribution < -0.4 is 10.6 Å². The van der Waals surface area contributed by atoms with Gasteiger partial charge in [0.25, 0.3) is 11.8 Å². The molecule has 0 radical (unpaired) electrons. The highest BCUT2D eigenvalue weighted by Crippen LogP contribution is 2.41. The molecule has 4 amide bonds. The second-order valence-electron chi connectivity index (χ2n) is 6.19. The summed E-state index contributed by atoms with van der Waals surface area (Å²) in [6, 6.07) is 13.8. The molecule has 0 unspecified atom stereocenters. The molecule has 3 aromatic carbocycles. The summed E-state index contributed by atoms with van der Waals surface area (Å²) in [5, 5.41) is 7.52. The minimum atomic E-state index is -0.895. The lowest BCUT2D eigenvalue weighted by atomic mass is 9.80. The van der Waals surface area contributed by atoms with Crippen LogP contribution >= 0.6 is 0 Å². The van der Waals surface area contributed by atoms with Crippen molar-refractivity contribution in [1.29, 1.82) is 0 Å². The Balaban J connectivity index is 1.98. The molecule has 6 nitrogen and oxygen atoms in total. The molecule has 5 rings (SSSR count). The van der Waals surface area contributed by atoms with Crippen molar-refractivity contribution in [3.8, 4) is 0 Å². The zero-order valence-corrected chi connectivity index (χ0v) is 13.3. The van der Waals surface area contributed by atoms with Crippen molar-refractivity contribution in [3.05, 3.63) is 65.2 Å². The van der Waals surface area contributed by atoms with Gasteiger partial charge in [-0.1, -0.05) is 48.5 Å². The van der Waals surface area contributed by atoms with Crippen LogP contribution in [0.25, 0.3) is 27.1 Å². The highest BCUT2D eigenvalue weighted by Gasteiger charge is 2.37. The van der Waals surface area contributed by atoms with Crippen LogP contribution in [-0.2, 0) is 9.59 Å². The summed E-state index contributed by atoms with van der Waals surface area (Å²) in [7, 11) is 0. The summed E-state index contributed by atoms with van der Waals surface area (Å²) in [6.45, 7) is 0. The molecule has 1 aliphatic heterocycles. The summed E-state index contributed by atoms with van der Waals surface area (Å²) in [5.74, 6) is -2.15. The topological polar surface area (TPSA) is 92.3 Å². The molecule has 1 saturated heterocycles. The summed E-state index contributed by atoms with van der Waals surface area (Å²) < 4.78 is 0. The van der Waals surface area contributed by atoms with Gasteiger partial charge in [-0.25, -0.2) is 4.79 Å². The lowest BCUT2D eigenvalue weighted by Crippen LogP contribution is -2.52. The number of ketones is 1. The van der Waals surface area contributed by atoms with Crippen molar-refractivity contribution in [2.75, 3.05) is 0 Å². The van der Waals surface area contributed by atoms with E-state index < -0.39 is 23.6 Å². The number of allylic oxidation sites excluding steroid dienone is 1. The van der Waals surface area contributed by atoms with E-state index in [1.807, 2.05) is 34.9 Å². The Labute approximate surface area is 146 Å². The first-order chi connectivity index (χ1) is 12.6. The standard InChI is InChI=1S/C20H10N2O4/c23-17-12-6-2-4-10-8-7-9-3-1-5-11(13(9)14(10)12)15(17)16-18(24)21-20(26)22-19(16)25/h1-8H,(H2,21,22,24,25,26). The molecule has 2 N–H and O–H groups in total. The van der Waals surface area contributed by atoms with Crippen molar-refractivity contribution < 1.29 is 19.2 Å². The predicted molar refractivity (Wildman–Crippen MR) is 94.4 cm³/mol. The van der Waals surface area contributed by atoms with Gasteiger partial charge >= 0.3 is 6.03 Å². The maximum absolute atomic E-state index is 13.2. The fraction of sp³-hybridized carbons (Fsp3) is 0. The maximum atomic E-state index is 13.2. The maximum Gasteiger partial charge on any atom is 0.328 e. The van der Waals surface area contributed by atoms with E-state index in [1.165, 1.54) is 0 Å². The lowest BCUT2D eigenvalue weighted by molar-refractivity contribution is -0.123. The Kier molecular flexibility index (Phi) is 2.72. The van der Waals surface area contributed by atoms with Gasteiger partial charge in [0.2, 0.25) is 0 Å². The quantitative estimate of drug-likeness (QED) is 0.372. The van der Waals surface area contributed by atoms with Gasteiger partial charge in [0.1, 0.15) is 5.57 Å². The van der Waals surface area contributed by atoms with Crippen LogP contribution in [0.5, 0.6) is 0 Å². The fourth-order valence-electron chi connectivity index (χ4n) is 3.75. The van der Waals surface area contributed by atoms with Crippen molar-refractivity contribution in [1.82, 2.24) is 10.6 Å². The first kappa shape index (κ1) is 14.5. The largest absolute Gasteiger partial charge is 0.328 e. The number of hydrogen-bond acceptors (Lipinski definition) is 4. The predicted octanol–water partition coefficient (Wildman–Crippen LogP) is 2.31. The van der Waals surface area contributed by atoms with Crippen molar-refractivity contribution in [2.45, 2.75) is 0 Å². The van der Waals surface area contributed by atoms with E-state index in [0.29, 0.717) is 11.1 Å². The molecule has 0 saturated carbocycles. The van der Waals surface area contributed by atoms with E-state index in [0.717, 1.165) is 21.5 Å². The molecule has 6 heteroatoms. The molecule has 26 heavy (non-hydrogen) atoms. The van der Waals surface area contributed by atoms with E-state index >= 15 is 0 Å². The van der Waals surface area contributed by atoms with Crippen molar-refractivity contribution in [3.63, 3.8) is 0 Å². The number of barbiturate groups is 1. The highest BCUT2D eigenvalue weighted by atomic mass is 16.2. The number of rotatable bonds is 0. The molecule has 2 aliphatic rings. The number of Topliss-reactive ketones (excluding diaryl/α,β-unsaturated/α-hetero) is 1. The Bertz CT molecular complexity index is 1230. The van der Waals surface area contributed by atoms with Gasteiger partial charge in [-0.3, -0.25) is 25.0 Å². The van der Waals surface area contributed by atoms with Gasteiger partial charge in [-0.15, -0.1) is 0 Å². The second-order valence-corrected chi connectivity index (χ2v) is 6.19. The molecule has 0 atom stereocenters. The molecule has 1 aliphatic carbocycles. The third kappa shape index (κ3) is 1.75. The Hall–Kier alpha value is -3.80. The van der Waals surface area contributed by atoms with Gasteiger partial charge in [-0.05, 0) is 21.7 Å². The van der Waals surface area contributed by atoms with Crippen LogP contribution in [0.4, 0.5) is 4.79 Å². The molecule has 1 fully saturated rings. The van der Waals surface area contributed by atoms with E-state index in [4.69, 9.17) is 0 Å². The van der Waals surface area contributed by atoms with Crippen molar-refractivity contribution >= 4 is 50.7 Å². The lowest BCUT2D eigenvalue weighted by Gasteiger charge is -2.23. The van der Waals surface area contributed by atoms with E-state index in [-0.39, 0.29) is 11.1 Å². The summed E-state index contributed by atoms with van der Waals surface area (Å²) >= 11 is 0. The highest BCUT2D eigenvalue weighted by molar-refractivity contribution is 6.48. The van der Waals surface area contributed by atoms with Gasteiger partial charge in [0.15, 0.2) is 5.78 Å². The van der Waals surface area contributed by atoms with Crippen molar-refractivity contribution in [2.24, 2.45) is 0 Å². The Morgan fingerprint density at radius 1 is 0.577 bits per heavy atom. The van der Waals surface area contributed by atoms with Crippen LogP contribution in [0, 0.1) is 0 Å². The van der Waals surface area contributed by atoms with Crippen LogP contribution in [0.15, 0.2) is 54.1 Å². The van der Waals surface area contributed by atoms with Gasteiger partial charge in [0.05, 0.1) is 0 Å². The smallest absolute Gasteiger partial charge is 0.289 e. The normalized spacial score (nSPS) is 16.5. The minimum absolute atomic E-state index is 0.0179. The van der Waals surface area contributed by atoms with Gasteiger partial charge < -0.3 is 0 Å². The first-order valence-electron chi connectivity index (χ1n) is 7.97. The third-order valence-corrected chi connectivity index (χ3v) is 4.79. The Morgan fingerprint density at radius 3 is 1.73 bits per heavy atom. The molecular weight excluding hydrogens is 332 g/mol. The molecule has 0 bridgehead atoms. The summed E-state index contributed by atoms with van der Waals surface area (Å²) in [6.07, 6.45) is 0. The van der Waals surface area contributed by atoms with Crippen LogP contribution in [0.2, 0.25) is 0 Å². The van der Waals surface area contributed by atoms with Crippen LogP contribution in [-0.4, -0.2) is 23.6 Å². The average Bonchev–Trinajstić information content (AvgIpc) is 2.62. The number of carbonyl (C=O) groups excluding carboxylic acids is 4. The monoisotopic (exact) mass is 342 g/mol. The zero-order valence-electron chi connectivity index (χ0n) is 13.3. The Morgan fingerprint density at radius 2 is 1.12 bits per heavy atom. The number of amides is 4. The molecule has 1 heterocycles. The van der Waals surface area contributed by atoms with Crippen LogP contribution in [0.3, 0.4) is 0 Å². The number of carbonyl (C=O) groups is 4. The zero-order chi connectivity index (χ0) is 18.0. The molecule has 0 aromatic heterocycles. The number of urea groups is 1. The SMILES string of the molecule is O=C1NC(=O)C(=C2C(=O)c3cccc4ccc5cccc2c5c34)C(=O)N1. The minimum Gasteiger partial charge on any atom is -0.289 e. The van der Waals surface area contributed by atoms with Gasteiger partial charge in [0, 0.05) is 16.5 Å².